The lowest BCUT2D eigenvalue weighted by Gasteiger charge is -2.33. The number of nitrogens with zero attached hydrogens (tertiary/aromatic N) is 2. The molecule has 1 amide bonds. The van der Waals surface area contributed by atoms with Crippen LogP contribution in [0.1, 0.15) is 101 Å². The minimum Gasteiger partial charge on any atom is -0.435 e. The second-order valence-corrected chi connectivity index (χ2v) is 10.2. The Morgan fingerprint density at radius 3 is 1.56 bits per heavy atom. The Morgan fingerprint density at radius 2 is 1.19 bits per heavy atom. The van der Waals surface area contributed by atoms with E-state index in [1.807, 2.05) is 12.4 Å². The zero-order valence-electron chi connectivity index (χ0n) is 20.9. The Morgan fingerprint density at radius 1 is 0.781 bits per heavy atom. The van der Waals surface area contributed by atoms with Crippen LogP contribution in [-0.2, 0) is 0 Å². The second kappa shape index (κ2) is 9.11. The summed E-state index contributed by atoms with van der Waals surface area (Å²) in [5, 5.41) is 10.6. The molecule has 0 saturated heterocycles. The summed E-state index contributed by atoms with van der Waals surface area (Å²) in [6.45, 7) is 17.7. The van der Waals surface area contributed by atoms with Gasteiger partial charge in [0.25, 0.3) is 0 Å². The van der Waals surface area contributed by atoms with Gasteiger partial charge in [-0.3, -0.25) is 4.90 Å². The molecule has 172 valence electrons. The number of benzene rings is 2. The van der Waals surface area contributed by atoms with Crippen molar-refractivity contribution in [3.63, 3.8) is 0 Å². The van der Waals surface area contributed by atoms with Crippen LogP contribution in [0.15, 0.2) is 48.8 Å². The summed E-state index contributed by atoms with van der Waals surface area (Å²) in [5.74, 6) is 1.15. The normalized spacial score (nSPS) is 18.6. The molecule has 1 N–H and O–H groups in total. The molecule has 1 unspecified atom stereocenters. The number of carbonyl (C=O) groups is 1. The summed E-state index contributed by atoms with van der Waals surface area (Å²) in [6.07, 6.45) is 3.02. The first-order valence-electron chi connectivity index (χ1n) is 11.8. The third-order valence-corrected chi connectivity index (χ3v) is 6.59. The fourth-order valence-electron chi connectivity index (χ4n) is 4.86. The molecule has 0 fully saturated rings. The molecule has 4 nitrogen and oxygen atoms in total. The van der Waals surface area contributed by atoms with Crippen LogP contribution in [0.25, 0.3) is 0 Å². The van der Waals surface area contributed by atoms with Crippen LogP contribution in [0.2, 0.25) is 0 Å². The molecule has 1 aliphatic heterocycles. The zero-order chi connectivity index (χ0) is 23.8. The molecule has 0 saturated carbocycles. The molecule has 4 heteroatoms. The van der Waals surface area contributed by atoms with E-state index in [9.17, 15) is 9.90 Å². The van der Waals surface area contributed by atoms with Crippen molar-refractivity contribution in [2.75, 3.05) is 11.6 Å². The number of carboxylic acid groups (broad SMARTS) is 1. The Bertz CT molecular complexity index is 968. The summed E-state index contributed by atoms with van der Waals surface area (Å²) < 4.78 is -0.203. The van der Waals surface area contributed by atoms with Gasteiger partial charge in [-0.1, -0.05) is 91.8 Å². The van der Waals surface area contributed by atoms with E-state index in [1.165, 1.54) is 11.1 Å². The second-order valence-electron chi connectivity index (χ2n) is 10.2. The van der Waals surface area contributed by atoms with E-state index in [0.29, 0.717) is 18.5 Å². The quantitative estimate of drug-likeness (QED) is 0.466. The summed E-state index contributed by atoms with van der Waals surface area (Å²) in [6, 6.07) is 12.7. The highest BCUT2D eigenvalue weighted by Crippen LogP contribution is 2.44. The van der Waals surface area contributed by atoms with Crippen molar-refractivity contribution in [2.24, 2.45) is 0 Å². The van der Waals surface area contributed by atoms with Gasteiger partial charge in [0.05, 0.1) is 11.9 Å². The molecule has 1 heterocycles. The van der Waals surface area contributed by atoms with E-state index in [0.717, 1.165) is 22.5 Å². The van der Waals surface area contributed by atoms with Crippen LogP contribution in [0.5, 0.6) is 0 Å². The summed E-state index contributed by atoms with van der Waals surface area (Å²) in [5.41, 5.74) is 6.79. The monoisotopic (exact) mass is 435 g/mol. The van der Waals surface area contributed by atoms with Gasteiger partial charge >= 0.3 is 6.09 Å². The summed E-state index contributed by atoms with van der Waals surface area (Å²) >= 11 is 0. The van der Waals surface area contributed by atoms with Crippen LogP contribution in [0.3, 0.4) is 0 Å². The lowest BCUT2D eigenvalue weighted by Crippen LogP contribution is -2.51. The van der Waals surface area contributed by atoms with Gasteiger partial charge in [-0.05, 0) is 34.8 Å². The van der Waals surface area contributed by atoms with Crippen LogP contribution >= 0.6 is 0 Å². The van der Waals surface area contributed by atoms with Crippen LogP contribution in [0, 0.1) is 0 Å². The third-order valence-electron chi connectivity index (χ3n) is 6.59. The van der Waals surface area contributed by atoms with Crippen molar-refractivity contribution in [2.45, 2.75) is 79.1 Å². The maximum atomic E-state index is 13.0. The predicted molar refractivity (Wildman–Crippen MR) is 136 cm³/mol. The molecule has 0 aromatic heterocycles. The van der Waals surface area contributed by atoms with Crippen LogP contribution in [-0.4, -0.2) is 17.9 Å². The summed E-state index contributed by atoms with van der Waals surface area (Å²) in [4.78, 5) is 15.1. The molecule has 1 atom stereocenters. The van der Waals surface area contributed by atoms with Crippen molar-refractivity contribution in [3.8, 4) is 0 Å². The maximum Gasteiger partial charge on any atom is 0.525 e. The summed E-state index contributed by atoms with van der Waals surface area (Å²) in [7, 11) is 0. The lowest BCUT2D eigenvalue weighted by atomic mass is 9.91. The van der Waals surface area contributed by atoms with E-state index >= 15 is 0 Å². The van der Waals surface area contributed by atoms with Gasteiger partial charge in [0.1, 0.15) is 6.20 Å². The number of amides is 1. The fourth-order valence-corrected chi connectivity index (χ4v) is 4.86. The molecule has 0 aliphatic carbocycles. The van der Waals surface area contributed by atoms with Gasteiger partial charge in [-0.25, -0.2) is 0 Å². The smallest absolute Gasteiger partial charge is 0.435 e. The maximum absolute atomic E-state index is 13.0. The highest BCUT2D eigenvalue weighted by atomic mass is 16.4. The van der Waals surface area contributed by atoms with E-state index in [4.69, 9.17) is 0 Å². The Kier molecular flexibility index (Phi) is 6.85. The highest BCUT2D eigenvalue weighted by molar-refractivity contribution is 5.87. The standard InChI is InChI=1S/C28H38N2O2/c1-18(2)22-11-9-12-23(19(3)4)26(22)29-15-16-30(17-29,28(31)32)27-24(20(5)6)13-10-14-25(27)21(7)8/h9-16,18-21H,17H2,1-8H3/p+1. The molecular formula is C28H39N2O2+. The van der Waals surface area contributed by atoms with Crippen molar-refractivity contribution < 1.29 is 9.90 Å². The first-order valence-corrected chi connectivity index (χ1v) is 11.8. The van der Waals surface area contributed by atoms with Crippen LogP contribution < -0.4 is 9.38 Å². The zero-order valence-corrected chi connectivity index (χ0v) is 20.9. The van der Waals surface area contributed by atoms with Crippen molar-refractivity contribution in [3.05, 3.63) is 71.1 Å². The molecule has 32 heavy (non-hydrogen) atoms. The number of quaternary nitrogens is 1. The van der Waals surface area contributed by atoms with E-state index in [-0.39, 0.29) is 16.3 Å². The van der Waals surface area contributed by atoms with Gasteiger partial charge in [-0.15, -0.1) is 4.48 Å². The van der Waals surface area contributed by atoms with Gasteiger partial charge in [-0.2, -0.15) is 4.79 Å². The number of para-hydroxylation sites is 2. The molecular weight excluding hydrogens is 396 g/mol. The molecule has 0 spiro atoms. The lowest BCUT2D eigenvalue weighted by molar-refractivity contribution is 0.166. The number of rotatable bonds is 6. The third kappa shape index (κ3) is 4.09. The van der Waals surface area contributed by atoms with Crippen molar-refractivity contribution in [1.82, 2.24) is 4.48 Å². The minimum atomic E-state index is -0.841. The SMILES string of the molecule is CC(C)c1cccc(C(C)C)c1N1C=C[N+](C(=O)O)(c2c(C(C)C)cccc2C(C)C)C1. The number of hydrogen-bond acceptors (Lipinski definition) is 2. The van der Waals surface area contributed by atoms with Gasteiger partial charge < -0.3 is 5.11 Å². The Balaban J connectivity index is 2.23. The molecule has 2 aromatic rings. The van der Waals surface area contributed by atoms with Crippen molar-refractivity contribution in [1.29, 1.82) is 0 Å². The van der Waals surface area contributed by atoms with Gasteiger partial charge in [0, 0.05) is 11.1 Å². The average Bonchev–Trinajstić information content (AvgIpc) is 3.18. The largest absolute Gasteiger partial charge is 0.525 e. The first kappa shape index (κ1) is 24.1. The Labute approximate surface area is 193 Å². The van der Waals surface area contributed by atoms with E-state index in [1.54, 1.807) is 0 Å². The van der Waals surface area contributed by atoms with E-state index < -0.39 is 6.09 Å². The topological polar surface area (TPSA) is 40.5 Å². The minimum absolute atomic E-state index is 0.203. The van der Waals surface area contributed by atoms with Crippen molar-refractivity contribution >= 4 is 17.5 Å². The van der Waals surface area contributed by atoms with E-state index in [2.05, 4.69) is 96.7 Å². The highest BCUT2D eigenvalue weighted by Gasteiger charge is 2.47. The average molecular weight is 436 g/mol. The molecule has 2 aromatic carbocycles. The number of hydrogen-bond donors (Lipinski definition) is 1. The molecule has 3 rings (SSSR count). The molecule has 1 aliphatic rings. The fraction of sp³-hybridized carbons (Fsp3) is 0.464. The van der Waals surface area contributed by atoms with Gasteiger partial charge in [0.15, 0.2) is 12.4 Å². The predicted octanol–water partition coefficient (Wildman–Crippen LogP) is 8.11. The van der Waals surface area contributed by atoms with Gasteiger partial charge in [0.2, 0.25) is 0 Å². The number of anilines is 1. The molecule has 0 bridgehead atoms. The first-order chi connectivity index (χ1) is 15.0. The van der Waals surface area contributed by atoms with Crippen LogP contribution in [0.4, 0.5) is 16.2 Å². The molecule has 0 radical (unpaired) electrons. The Hall–Kier alpha value is -2.59.